The Bertz CT molecular complexity index is 842. The highest BCUT2D eigenvalue weighted by Crippen LogP contribution is 2.34. The maximum atomic E-state index is 13.2. The molecule has 0 N–H and O–H groups in total. The van der Waals surface area contributed by atoms with E-state index in [1.807, 2.05) is 35.2 Å². The molecule has 1 amide bonds. The first-order chi connectivity index (χ1) is 13.2. The van der Waals surface area contributed by atoms with Crippen LogP contribution in [0.2, 0.25) is 0 Å². The van der Waals surface area contributed by atoms with Gasteiger partial charge in [-0.25, -0.2) is 4.39 Å². The Labute approximate surface area is 158 Å². The number of morpholine rings is 1. The molecular weight excluding hydrogens is 343 g/mol. The standard InChI is InChI=1S/C22H23FN2O2/c23-18-8-6-17(7-9-18)16-21-19-4-1-2-5-20(19)22(26)25(21)11-3-10-24-12-14-27-15-13-24/h1-2,4-9,16H,3,10-15H2/b21-16-. The predicted octanol–water partition coefficient (Wildman–Crippen LogP) is 3.50. The number of rotatable bonds is 5. The van der Waals surface area contributed by atoms with Crippen LogP contribution >= 0.6 is 0 Å². The van der Waals surface area contributed by atoms with Crippen LogP contribution in [0.4, 0.5) is 4.39 Å². The summed E-state index contributed by atoms with van der Waals surface area (Å²) in [6, 6.07) is 14.0. The van der Waals surface area contributed by atoms with Gasteiger partial charge < -0.3 is 9.64 Å². The number of ether oxygens (including phenoxy) is 1. The minimum Gasteiger partial charge on any atom is -0.379 e. The quantitative estimate of drug-likeness (QED) is 0.812. The monoisotopic (exact) mass is 366 g/mol. The summed E-state index contributed by atoms with van der Waals surface area (Å²) in [4.78, 5) is 17.2. The van der Waals surface area contributed by atoms with Crippen LogP contribution in [-0.2, 0) is 4.74 Å². The lowest BCUT2D eigenvalue weighted by Gasteiger charge is -2.27. The van der Waals surface area contributed by atoms with Crippen molar-refractivity contribution < 1.29 is 13.9 Å². The molecule has 4 rings (SSSR count). The van der Waals surface area contributed by atoms with Gasteiger partial charge in [-0.05, 0) is 36.3 Å². The van der Waals surface area contributed by atoms with E-state index < -0.39 is 0 Å². The Balaban J connectivity index is 1.54. The van der Waals surface area contributed by atoms with Crippen LogP contribution < -0.4 is 0 Å². The zero-order valence-corrected chi connectivity index (χ0v) is 15.2. The fraction of sp³-hybridized carbons (Fsp3) is 0.318. The normalized spacial score (nSPS) is 18.9. The molecule has 2 aromatic carbocycles. The number of benzene rings is 2. The van der Waals surface area contributed by atoms with Crippen molar-refractivity contribution in [1.29, 1.82) is 0 Å². The van der Waals surface area contributed by atoms with Gasteiger partial charge in [0.2, 0.25) is 0 Å². The number of hydrogen-bond acceptors (Lipinski definition) is 3. The van der Waals surface area contributed by atoms with Crippen LogP contribution in [0.5, 0.6) is 0 Å². The van der Waals surface area contributed by atoms with E-state index in [-0.39, 0.29) is 11.7 Å². The molecule has 1 saturated heterocycles. The Morgan fingerprint density at radius 2 is 1.67 bits per heavy atom. The summed E-state index contributed by atoms with van der Waals surface area (Å²) in [5.41, 5.74) is 3.45. The van der Waals surface area contributed by atoms with Crippen LogP contribution in [0.3, 0.4) is 0 Å². The minimum absolute atomic E-state index is 0.0425. The summed E-state index contributed by atoms with van der Waals surface area (Å²) >= 11 is 0. The molecule has 2 aliphatic rings. The number of nitrogens with zero attached hydrogens (tertiary/aromatic N) is 2. The van der Waals surface area contributed by atoms with E-state index in [2.05, 4.69) is 4.90 Å². The van der Waals surface area contributed by atoms with Crippen molar-refractivity contribution >= 4 is 17.7 Å². The summed E-state index contributed by atoms with van der Waals surface area (Å²) < 4.78 is 18.6. The van der Waals surface area contributed by atoms with Crippen LogP contribution in [0, 0.1) is 5.82 Å². The topological polar surface area (TPSA) is 32.8 Å². The van der Waals surface area contributed by atoms with Crippen LogP contribution in [0.1, 0.15) is 27.9 Å². The average Bonchev–Trinajstić information content (AvgIpc) is 2.97. The number of carbonyl (C=O) groups is 1. The average molecular weight is 366 g/mol. The molecule has 2 aliphatic heterocycles. The van der Waals surface area contributed by atoms with E-state index in [0.29, 0.717) is 6.54 Å². The van der Waals surface area contributed by atoms with Crippen molar-refractivity contribution in [3.05, 3.63) is 71.0 Å². The maximum Gasteiger partial charge on any atom is 0.258 e. The van der Waals surface area contributed by atoms with Gasteiger partial charge in [0.25, 0.3) is 5.91 Å². The first kappa shape index (κ1) is 17.9. The lowest BCUT2D eigenvalue weighted by Crippen LogP contribution is -2.38. The Kier molecular flexibility index (Phi) is 5.32. The third-order valence-electron chi connectivity index (χ3n) is 5.10. The van der Waals surface area contributed by atoms with Crippen molar-refractivity contribution in [2.75, 3.05) is 39.4 Å². The first-order valence-electron chi connectivity index (χ1n) is 9.41. The second-order valence-electron chi connectivity index (χ2n) is 6.89. The number of halogens is 1. The zero-order valence-electron chi connectivity index (χ0n) is 15.2. The van der Waals surface area contributed by atoms with Gasteiger partial charge in [0.15, 0.2) is 0 Å². The summed E-state index contributed by atoms with van der Waals surface area (Å²) in [7, 11) is 0. The van der Waals surface area contributed by atoms with Gasteiger partial charge in [-0.3, -0.25) is 9.69 Å². The van der Waals surface area contributed by atoms with Crippen molar-refractivity contribution in [3.8, 4) is 0 Å². The van der Waals surface area contributed by atoms with E-state index in [1.54, 1.807) is 12.1 Å². The van der Waals surface area contributed by atoms with E-state index in [0.717, 1.165) is 61.7 Å². The summed E-state index contributed by atoms with van der Waals surface area (Å²) in [5.74, 6) is -0.219. The summed E-state index contributed by atoms with van der Waals surface area (Å²) in [5, 5.41) is 0. The van der Waals surface area contributed by atoms with E-state index in [9.17, 15) is 9.18 Å². The fourth-order valence-electron chi connectivity index (χ4n) is 3.66. The van der Waals surface area contributed by atoms with Crippen molar-refractivity contribution in [2.24, 2.45) is 0 Å². The third-order valence-corrected chi connectivity index (χ3v) is 5.10. The second-order valence-corrected chi connectivity index (χ2v) is 6.89. The van der Waals surface area contributed by atoms with Gasteiger partial charge in [-0.1, -0.05) is 30.3 Å². The molecule has 27 heavy (non-hydrogen) atoms. The zero-order chi connectivity index (χ0) is 18.6. The molecule has 5 heteroatoms. The summed E-state index contributed by atoms with van der Waals surface area (Å²) in [6.45, 7) is 5.08. The van der Waals surface area contributed by atoms with Gasteiger partial charge in [0.05, 0.1) is 18.9 Å². The molecule has 0 unspecified atom stereocenters. The highest BCUT2D eigenvalue weighted by Gasteiger charge is 2.31. The SMILES string of the molecule is O=C1c2ccccc2/C(=C/c2ccc(F)cc2)N1CCCN1CCOCC1. The second kappa shape index (κ2) is 8.03. The van der Waals surface area contributed by atoms with E-state index in [4.69, 9.17) is 4.74 Å². The molecule has 0 aliphatic carbocycles. The molecule has 0 aromatic heterocycles. The van der Waals surface area contributed by atoms with Gasteiger partial charge in [0.1, 0.15) is 5.82 Å². The molecule has 0 radical (unpaired) electrons. The fourth-order valence-corrected chi connectivity index (χ4v) is 3.66. The number of carbonyl (C=O) groups excluding carboxylic acids is 1. The van der Waals surface area contributed by atoms with Crippen molar-refractivity contribution in [3.63, 3.8) is 0 Å². The van der Waals surface area contributed by atoms with Crippen LogP contribution in [-0.4, -0.2) is 55.1 Å². The minimum atomic E-state index is -0.262. The van der Waals surface area contributed by atoms with Crippen molar-refractivity contribution in [2.45, 2.75) is 6.42 Å². The number of amides is 1. The molecule has 4 nitrogen and oxygen atoms in total. The van der Waals surface area contributed by atoms with E-state index in [1.165, 1.54) is 12.1 Å². The largest absolute Gasteiger partial charge is 0.379 e. The van der Waals surface area contributed by atoms with Gasteiger partial charge in [0, 0.05) is 37.3 Å². The van der Waals surface area contributed by atoms with E-state index >= 15 is 0 Å². The third kappa shape index (κ3) is 3.94. The van der Waals surface area contributed by atoms with Crippen LogP contribution in [0.25, 0.3) is 11.8 Å². The molecule has 1 fully saturated rings. The smallest absolute Gasteiger partial charge is 0.258 e. The van der Waals surface area contributed by atoms with Crippen LogP contribution in [0.15, 0.2) is 48.5 Å². The molecule has 0 saturated carbocycles. The molecule has 2 aromatic rings. The predicted molar refractivity (Wildman–Crippen MR) is 104 cm³/mol. The molecule has 0 bridgehead atoms. The molecule has 0 atom stereocenters. The number of hydrogen-bond donors (Lipinski definition) is 0. The van der Waals surface area contributed by atoms with Gasteiger partial charge >= 0.3 is 0 Å². The molecule has 0 spiro atoms. The maximum absolute atomic E-state index is 13.2. The Morgan fingerprint density at radius 1 is 0.963 bits per heavy atom. The Hall–Kier alpha value is -2.50. The van der Waals surface area contributed by atoms with Gasteiger partial charge in [-0.2, -0.15) is 0 Å². The summed E-state index contributed by atoms with van der Waals surface area (Å²) in [6.07, 6.45) is 2.87. The van der Waals surface area contributed by atoms with Crippen molar-refractivity contribution in [1.82, 2.24) is 9.80 Å². The lowest BCUT2D eigenvalue weighted by atomic mass is 10.1. The molecular formula is C22H23FN2O2. The lowest BCUT2D eigenvalue weighted by molar-refractivity contribution is 0.0366. The molecule has 2 heterocycles. The highest BCUT2D eigenvalue weighted by molar-refractivity contribution is 6.11. The highest BCUT2D eigenvalue weighted by atomic mass is 19.1. The Morgan fingerprint density at radius 3 is 2.41 bits per heavy atom. The number of fused-ring (bicyclic) bond motifs is 1. The van der Waals surface area contributed by atoms with Gasteiger partial charge in [-0.15, -0.1) is 0 Å². The molecule has 140 valence electrons. The first-order valence-corrected chi connectivity index (χ1v) is 9.41.